The molecule has 0 radical (unpaired) electrons. The lowest BCUT2D eigenvalue weighted by Crippen LogP contribution is -2.01. The van der Waals surface area contributed by atoms with E-state index in [2.05, 4.69) is 13.8 Å². The maximum atomic E-state index is 10.1. The molecule has 2 nitrogen and oxygen atoms in total. The summed E-state index contributed by atoms with van der Waals surface area (Å²) >= 11 is 0. The Balaban J connectivity index is 1.85. The van der Waals surface area contributed by atoms with Crippen LogP contribution >= 0.6 is 0 Å². The van der Waals surface area contributed by atoms with E-state index in [9.17, 15) is 8.22 Å². The Morgan fingerprint density at radius 2 is 0.780 bits per heavy atom. The summed E-state index contributed by atoms with van der Waals surface area (Å²) in [5.74, 6) is 0. The monoisotopic (exact) mass is 671 g/mol. The largest absolute Gasteiger partial charge is 0.399 e. The van der Waals surface area contributed by atoms with Crippen molar-refractivity contribution in [2.75, 3.05) is 11.5 Å². The van der Waals surface area contributed by atoms with Crippen molar-refractivity contribution >= 4 is 32.9 Å². The highest BCUT2D eigenvalue weighted by Crippen LogP contribution is 2.46. The number of benzene rings is 6. The van der Waals surface area contributed by atoms with Gasteiger partial charge in [-0.3, -0.25) is 0 Å². The molecule has 0 aliphatic rings. The van der Waals surface area contributed by atoms with Crippen molar-refractivity contribution < 1.29 is 13.7 Å². The molecular formula is C48H56N2. The fourth-order valence-electron chi connectivity index (χ4n) is 7.05. The molecule has 6 aromatic rings. The zero-order valence-electron chi connectivity index (χ0n) is 39.7. The first-order valence-corrected chi connectivity index (χ1v) is 18.6. The van der Waals surface area contributed by atoms with Crippen molar-refractivity contribution in [1.82, 2.24) is 0 Å². The lowest BCUT2D eigenvalue weighted by molar-refractivity contribution is 0.607. The first kappa shape index (κ1) is 24.6. The molecule has 0 bridgehead atoms. The topological polar surface area (TPSA) is 52.0 Å². The van der Waals surface area contributed by atoms with Crippen LogP contribution in [0.5, 0.6) is 0 Å². The van der Waals surface area contributed by atoms with Crippen LogP contribution in [-0.4, -0.2) is 0 Å². The fraction of sp³-hybridized carbons (Fsp3) is 0.333. The predicted molar refractivity (Wildman–Crippen MR) is 221 cm³/mol. The van der Waals surface area contributed by atoms with Gasteiger partial charge in [-0.05, 0) is 128 Å². The lowest BCUT2D eigenvalue weighted by atomic mass is 9.80. The second kappa shape index (κ2) is 17.4. The third kappa shape index (κ3) is 8.24. The highest BCUT2D eigenvalue weighted by molar-refractivity contribution is 6.14. The summed E-state index contributed by atoms with van der Waals surface area (Å²) in [4.78, 5) is 0. The highest BCUT2D eigenvalue weighted by atomic mass is 14.5. The molecule has 0 spiro atoms. The molecule has 0 atom stereocenters. The fourth-order valence-corrected chi connectivity index (χ4v) is 7.05. The molecule has 0 fully saturated rings. The van der Waals surface area contributed by atoms with Gasteiger partial charge in [-0.1, -0.05) is 151 Å². The highest BCUT2D eigenvalue weighted by Gasteiger charge is 2.21. The minimum absolute atomic E-state index is 0.0782. The van der Waals surface area contributed by atoms with E-state index in [1.165, 1.54) is 0 Å². The molecule has 4 N–H and O–H groups in total. The zero-order chi connectivity index (χ0) is 43.4. The number of anilines is 2. The molecule has 0 amide bonds. The lowest BCUT2D eigenvalue weighted by Gasteiger charge is -2.23. The Bertz CT molecular complexity index is 2360. The summed E-state index contributed by atoms with van der Waals surface area (Å²) in [5, 5.41) is 0.627. The summed E-state index contributed by atoms with van der Waals surface area (Å²) in [6.45, 7) is 4.32. The van der Waals surface area contributed by atoms with E-state index < -0.39 is 24.2 Å². The van der Waals surface area contributed by atoms with Crippen molar-refractivity contribution in [1.29, 1.82) is 0 Å². The van der Waals surface area contributed by atoms with Gasteiger partial charge in [-0.15, -0.1) is 0 Å². The first-order chi connectivity index (χ1) is 28.8. The maximum absolute atomic E-state index is 10.1. The van der Waals surface area contributed by atoms with E-state index in [0.29, 0.717) is 81.6 Å². The molecule has 0 aliphatic carbocycles. The Morgan fingerprint density at radius 1 is 0.440 bits per heavy atom. The number of nitrogens with two attached hydrogens (primary N) is 2. The van der Waals surface area contributed by atoms with Crippen LogP contribution in [0.1, 0.15) is 116 Å². The van der Waals surface area contributed by atoms with Crippen molar-refractivity contribution in [3.63, 3.8) is 0 Å². The van der Waals surface area contributed by atoms with Crippen LogP contribution in [0.15, 0.2) is 109 Å². The molecular weight excluding hydrogens is 605 g/mol. The molecule has 0 saturated carbocycles. The second-order valence-corrected chi connectivity index (χ2v) is 13.5. The Kier molecular flexibility index (Phi) is 8.54. The smallest absolute Gasteiger partial charge is 0.0633 e. The average Bonchev–Trinajstić information content (AvgIpc) is 3.24. The third-order valence-corrected chi connectivity index (χ3v) is 9.74. The van der Waals surface area contributed by atoms with E-state index in [4.69, 9.17) is 17.0 Å². The van der Waals surface area contributed by atoms with Crippen molar-refractivity contribution in [3.05, 3.63) is 120 Å². The molecule has 6 aromatic carbocycles. The van der Waals surface area contributed by atoms with Gasteiger partial charge in [0, 0.05) is 11.4 Å². The van der Waals surface area contributed by atoms with E-state index in [1.54, 1.807) is 48.5 Å². The normalized spacial score (nSPS) is 14.3. The molecule has 0 unspecified atom stereocenters. The summed E-state index contributed by atoms with van der Waals surface area (Å²) in [6, 6.07) is 11.0. The quantitative estimate of drug-likeness (QED) is 0.0749. The Morgan fingerprint density at radius 3 is 1.16 bits per heavy atom. The van der Waals surface area contributed by atoms with Gasteiger partial charge in [0.1, 0.15) is 0 Å². The summed E-state index contributed by atoms with van der Waals surface area (Å²) < 4.78 is 93.9. The van der Waals surface area contributed by atoms with Gasteiger partial charge >= 0.3 is 0 Å². The molecule has 2 heteroatoms. The van der Waals surface area contributed by atoms with E-state index in [0.717, 1.165) is 64.2 Å². The number of fused-ring (bicyclic) bond motifs is 2. The average molecular weight is 671 g/mol. The standard InChI is InChI=1S/C48H56N2/c1-3-5-7-9-11-13-19-37-33-45(35-25-29-39(49)30-26-35)41-21-15-17-23-43(41)47(37)48-38(20-14-12-10-8-6-4-2)34-46(36-27-31-40(50)32-28-36)42-22-16-18-24-44(42)48/h15-18,21-34H,3-14,19-20,49-50H2,1-2H3/i15D,16D,17D,18D,21D,22D,23D,24D,33D,34D. The van der Waals surface area contributed by atoms with Crippen LogP contribution in [0.2, 0.25) is 0 Å². The summed E-state index contributed by atoms with van der Waals surface area (Å²) in [6.07, 6.45) is 12.3. The van der Waals surface area contributed by atoms with Gasteiger partial charge in [0.15, 0.2) is 0 Å². The zero-order valence-corrected chi connectivity index (χ0v) is 29.7. The SMILES string of the molecule is [2H]c1c([2H])c([2H])c2c(-c3c(CCCCCCCC)c([2H])c(-c4ccc(N)cc4)c4c([2H])c([2H])c([2H])c([2H])c34)c(CCCCCCCC)c([2H])c(-c3ccc(N)cc3)c2c1[2H]. The Hall–Kier alpha value is -4.56. The molecule has 50 heavy (non-hydrogen) atoms. The van der Waals surface area contributed by atoms with Gasteiger partial charge in [-0.2, -0.15) is 0 Å². The van der Waals surface area contributed by atoms with Crippen molar-refractivity contribution in [3.8, 4) is 33.4 Å². The van der Waals surface area contributed by atoms with E-state index in [-0.39, 0.29) is 57.8 Å². The second-order valence-electron chi connectivity index (χ2n) is 13.5. The molecule has 0 aromatic heterocycles. The van der Waals surface area contributed by atoms with Crippen molar-refractivity contribution in [2.24, 2.45) is 0 Å². The number of hydrogen-bond donors (Lipinski definition) is 2. The summed E-state index contributed by atoms with van der Waals surface area (Å²) in [5.41, 5.74) is 16.8. The van der Waals surface area contributed by atoms with Crippen LogP contribution in [0.4, 0.5) is 11.4 Å². The molecule has 0 saturated heterocycles. The minimum Gasteiger partial charge on any atom is -0.399 e. The number of nitrogen functional groups attached to an aromatic ring is 2. The maximum Gasteiger partial charge on any atom is 0.0633 e. The summed E-state index contributed by atoms with van der Waals surface area (Å²) in [7, 11) is 0. The first-order valence-electron chi connectivity index (χ1n) is 23.6. The van der Waals surface area contributed by atoms with Gasteiger partial charge in [0.2, 0.25) is 0 Å². The minimum atomic E-state index is -0.450. The predicted octanol–water partition coefficient (Wildman–Crippen LogP) is 14.0. The number of unbranched alkanes of at least 4 members (excludes halogenated alkanes) is 10. The van der Waals surface area contributed by atoms with Crippen LogP contribution in [0.25, 0.3) is 54.9 Å². The van der Waals surface area contributed by atoms with Crippen LogP contribution in [-0.2, 0) is 12.8 Å². The third-order valence-electron chi connectivity index (χ3n) is 9.74. The van der Waals surface area contributed by atoms with Crippen LogP contribution in [0, 0.1) is 0 Å². The van der Waals surface area contributed by atoms with E-state index >= 15 is 0 Å². The molecule has 0 aliphatic heterocycles. The van der Waals surface area contributed by atoms with E-state index in [1.807, 2.05) is 0 Å². The van der Waals surface area contributed by atoms with Crippen molar-refractivity contribution in [2.45, 2.75) is 104 Å². The number of hydrogen-bond acceptors (Lipinski definition) is 2. The van der Waals surface area contributed by atoms with Crippen LogP contribution < -0.4 is 11.5 Å². The van der Waals surface area contributed by atoms with Gasteiger partial charge < -0.3 is 11.5 Å². The molecule has 6 rings (SSSR count). The Labute approximate surface area is 315 Å². The number of rotatable bonds is 17. The van der Waals surface area contributed by atoms with Gasteiger partial charge in [0.25, 0.3) is 0 Å². The van der Waals surface area contributed by atoms with Crippen LogP contribution in [0.3, 0.4) is 0 Å². The molecule has 0 heterocycles. The van der Waals surface area contributed by atoms with Gasteiger partial charge in [-0.25, -0.2) is 0 Å². The van der Waals surface area contributed by atoms with Gasteiger partial charge in [0.05, 0.1) is 13.7 Å². The molecule has 258 valence electrons.